The summed E-state index contributed by atoms with van der Waals surface area (Å²) in [6.45, 7) is 6.68. The monoisotopic (exact) mass is 217 g/mol. The lowest BCUT2D eigenvalue weighted by molar-refractivity contribution is 0.414. The maximum atomic E-state index is 5.55. The zero-order valence-corrected chi connectivity index (χ0v) is 9.99. The van der Waals surface area contributed by atoms with Crippen LogP contribution in [0.2, 0.25) is 0 Å². The van der Waals surface area contributed by atoms with E-state index in [2.05, 4.69) is 12.7 Å². The van der Waals surface area contributed by atoms with Crippen LogP contribution in [-0.2, 0) is 0 Å². The second-order valence-corrected chi connectivity index (χ2v) is 3.60. The molecule has 0 amide bonds. The van der Waals surface area contributed by atoms with Crippen molar-refractivity contribution in [2.45, 2.75) is 13.3 Å². The van der Waals surface area contributed by atoms with Crippen LogP contribution in [0.15, 0.2) is 30.9 Å². The van der Waals surface area contributed by atoms with Crippen molar-refractivity contribution in [2.24, 2.45) is 5.73 Å². The zero-order valence-electron chi connectivity index (χ0n) is 9.99. The van der Waals surface area contributed by atoms with Gasteiger partial charge in [0.2, 0.25) is 0 Å². The van der Waals surface area contributed by atoms with E-state index in [0.29, 0.717) is 6.54 Å². The van der Waals surface area contributed by atoms with E-state index >= 15 is 0 Å². The highest BCUT2D eigenvalue weighted by Gasteiger charge is 2.05. The van der Waals surface area contributed by atoms with E-state index in [9.17, 15) is 0 Å². The topological polar surface area (TPSA) is 35.2 Å². The Labute approximate surface area is 97.4 Å². The Kier molecular flexibility index (Phi) is 4.80. The third kappa shape index (κ3) is 2.97. The van der Waals surface area contributed by atoms with Crippen LogP contribution in [0.5, 0.6) is 5.75 Å². The summed E-state index contributed by atoms with van der Waals surface area (Å²) in [6.07, 6.45) is 4.88. The van der Waals surface area contributed by atoms with Gasteiger partial charge in [0.05, 0.1) is 7.11 Å². The molecule has 1 aromatic carbocycles. The second-order valence-electron chi connectivity index (χ2n) is 3.60. The number of ether oxygens (including phenoxy) is 1. The molecule has 0 atom stereocenters. The van der Waals surface area contributed by atoms with Crippen LogP contribution in [0, 0.1) is 0 Å². The zero-order chi connectivity index (χ0) is 12.0. The number of hydrogen-bond acceptors (Lipinski definition) is 2. The first-order valence-electron chi connectivity index (χ1n) is 5.42. The molecule has 0 saturated carbocycles. The first-order valence-corrected chi connectivity index (χ1v) is 5.42. The summed E-state index contributed by atoms with van der Waals surface area (Å²) in [5, 5.41) is 0. The SMILES string of the molecule is C=C(CCN)c1cc(OC)ccc1/C=C\C. The predicted molar refractivity (Wildman–Crippen MR) is 70.4 cm³/mol. The van der Waals surface area contributed by atoms with Gasteiger partial charge >= 0.3 is 0 Å². The third-order valence-corrected chi connectivity index (χ3v) is 2.43. The molecule has 0 aliphatic rings. The van der Waals surface area contributed by atoms with Crippen LogP contribution < -0.4 is 10.5 Å². The van der Waals surface area contributed by atoms with Gasteiger partial charge in [-0.05, 0) is 48.7 Å². The highest BCUT2D eigenvalue weighted by molar-refractivity contribution is 5.74. The van der Waals surface area contributed by atoms with E-state index in [-0.39, 0.29) is 0 Å². The molecule has 2 heteroatoms. The average molecular weight is 217 g/mol. The van der Waals surface area contributed by atoms with Crippen LogP contribution in [-0.4, -0.2) is 13.7 Å². The molecule has 0 bridgehead atoms. The number of nitrogens with two attached hydrogens (primary N) is 1. The summed E-state index contributed by atoms with van der Waals surface area (Å²) >= 11 is 0. The van der Waals surface area contributed by atoms with E-state index < -0.39 is 0 Å². The molecule has 0 aromatic heterocycles. The molecule has 86 valence electrons. The quantitative estimate of drug-likeness (QED) is 0.822. The molecular weight excluding hydrogens is 198 g/mol. The highest BCUT2D eigenvalue weighted by Crippen LogP contribution is 2.26. The van der Waals surface area contributed by atoms with Crippen molar-refractivity contribution >= 4 is 11.6 Å². The predicted octanol–water partition coefficient (Wildman–Crippen LogP) is 3.09. The van der Waals surface area contributed by atoms with Gasteiger partial charge < -0.3 is 10.5 Å². The van der Waals surface area contributed by atoms with Gasteiger partial charge in [-0.3, -0.25) is 0 Å². The minimum Gasteiger partial charge on any atom is -0.497 e. The van der Waals surface area contributed by atoms with Gasteiger partial charge in [0.15, 0.2) is 0 Å². The van der Waals surface area contributed by atoms with Crippen LogP contribution in [0.25, 0.3) is 11.6 Å². The van der Waals surface area contributed by atoms with E-state index in [1.54, 1.807) is 7.11 Å². The lowest BCUT2D eigenvalue weighted by atomic mass is 9.98. The molecule has 1 rings (SSSR count). The van der Waals surface area contributed by atoms with Crippen LogP contribution >= 0.6 is 0 Å². The molecule has 0 heterocycles. The lowest BCUT2D eigenvalue weighted by Crippen LogP contribution is -2.00. The first kappa shape index (κ1) is 12.5. The van der Waals surface area contributed by atoms with Crippen molar-refractivity contribution in [3.63, 3.8) is 0 Å². The van der Waals surface area contributed by atoms with Crippen molar-refractivity contribution in [2.75, 3.05) is 13.7 Å². The smallest absolute Gasteiger partial charge is 0.119 e. The van der Waals surface area contributed by atoms with Crippen molar-refractivity contribution < 1.29 is 4.74 Å². The lowest BCUT2D eigenvalue weighted by Gasteiger charge is -2.10. The fourth-order valence-corrected chi connectivity index (χ4v) is 1.60. The number of hydrogen-bond donors (Lipinski definition) is 1. The summed E-state index contributed by atoms with van der Waals surface area (Å²) in [6, 6.07) is 6.00. The fourth-order valence-electron chi connectivity index (χ4n) is 1.60. The minimum atomic E-state index is 0.616. The molecule has 0 unspecified atom stereocenters. The van der Waals surface area contributed by atoms with Crippen LogP contribution in [0.3, 0.4) is 0 Å². The molecule has 0 aliphatic heterocycles. The molecule has 2 nitrogen and oxygen atoms in total. The number of benzene rings is 1. The van der Waals surface area contributed by atoms with E-state index in [0.717, 1.165) is 28.9 Å². The van der Waals surface area contributed by atoms with E-state index in [4.69, 9.17) is 10.5 Å². The van der Waals surface area contributed by atoms with E-state index in [1.807, 2.05) is 31.2 Å². The maximum Gasteiger partial charge on any atom is 0.119 e. The van der Waals surface area contributed by atoms with Gasteiger partial charge in [-0.15, -0.1) is 0 Å². The van der Waals surface area contributed by atoms with Gasteiger partial charge in [0, 0.05) is 0 Å². The number of rotatable bonds is 5. The van der Waals surface area contributed by atoms with Crippen LogP contribution in [0.4, 0.5) is 0 Å². The number of methoxy groups -OCH3 is 1. The van der Waals surface area contributed by atoms with E-state index in [1.165, 1.54) is 0 Å². The van der Waals surface area contributed by atoms with Crippen LogP contribution in [0.1, 0.15) is 24.5 Å². The summed E-state index contributed by atoms with van der Waals surface area (Å²) in [5.74, 6) is 0.849. The molecule has 0 radical (unpaired) electrons. The standard InChI is InChI=1S/C14H19NO/c1-4-5-12-6-7-13(16-3)10-14(12)11(2)8-9-15/h4-7,10H,2,8-9,15H2,1,3H3/b5-4-. The summed E-state index contributed by atoms with van der Waals surface area (Å²) < 4.78 is 5.22. The molecule has 0 fully saturated rings. The molecule has 0 aliphatic carbocycles. The third-order valence-electron chi connectivity index (χ3n) is 2.43. The molecule has 0 spiro atoms. The van der Waals surface area contributed by atoms with Crippen molar-refractivity contribution in [3.8, 4) is 5.75 Å². The van der Waals surface area contributed by atoms with Gasteiger partial charge in [0.1, 0.15) is 5.75 Å². The highest BCUT2D eigenvalue weighted by atomic mass is 16.5. The Bertz CT molecular complexity index is 394. The molecule has 16 heavy (non-hydrogen) atoms. The summed E-state index contributed by atoms with van der Waals surface area (Å²) in [7, 11) is 1.67. The number of allylic oxidation sites excluding steroid dienone is 1. The summed E-state index contributed by atoms with van der Waals surface area (Å²) in [5.41, 5.74) is 8.87. The van der Waals surface area contributed by atoms with Gasteiger partial charge in [-0.2, -0.15) is 0 Å². The largest absolute Gasteiger partial charge is 0.497 e. The second kappa shape index (κ2) is 6.13. The Balaban J connectivity index is 3.14. The Morgan fingerprint density at radius 1 is 1.50 bits per heavy atom. The fraction of sp³-hybridized carbons (Fsp3) is 0.286. The Hall–Kier alpha value is -1.54. The summed E-state index contributed by atoms with van der Waals surface area (Å²) in [4.78, 5) is 0. The first-order chi connectivity index (χ1) is 7.72. The maximum absolute atomic E-state index is 5.55. The normalized spacial score (nSPS) is 10.7. The molecule has 1 aromatic rings. The minimum absolute atomic E-state index is 0.616. The Morgan fingerprint density at radius 3 is 2.81 bits per heavy atom. The van der Waals surface area contributed by atoms with Crippen molar-refractivity contribution in [1.82, 2.24) is 0 Å². The van der Waals surface area contributed by atoms with Gasteiger partial charge in [-0.1, -0.05) is 24.8 Å². The average Bonchev–Trinajstić information content (AvgIpc) is 2.30. The molecule has 0 saturated heterocycles. The molecular formula is C14H19NO. The Morgan fingerprint density at radius 2 is 2.25 bits per heavy atom. The van der Waals surface area contributed by atoms with Crippen molar-refractivity contribution in [3.05, 3.63) is 42.0 Å². The molecule has 2 N–H and O–H groups in total. The van der Waals surface area contributed by atoms with Crippen molar-refractivity contribution in [1.29, 1.82) is 0 Å². The van der Waals surface area contributed by atoms with Gasteiger partial charge in [-0.25, -0.2) is 0 Å². The van der Waals surface area contributed by atoms with Gasteiger partial charge in [0.25, 0.3) is 0 Å².